The molecular weight excluding hydrogens is 430 g/mol. The molecule has 3 atom stereocenters. The van der Waals surface area contributed by atoms with E-state index in [1.807, 2.05) is 18.0 Å². The lowest BCUT2D eigenvalue weighted by atomic mass is 9.98. The summed E-state index contributed by atoms with van der Waals surface area (Å²) in [7, 11) is 3.37. The van der Waals surface area contributed by atoms with Crippen molar-refractivity contribution in [3.63, 3.8) is 0 Å². The summed E-state index contributed by atoms with van der Waals surface area (Å²) in [6, 6.07) is 9.53. The fourth-order valence-electron chi connectivity index (χ4n) is 4.72. The van der Waals surface area contributed by atoms with Gasteiger partial charge in [0, 0.05) is 42.7 Å². The van der Waals surface area contributed by atoms with Crippen molar-refractivity contribution in [2.45, 2.75) is 43.3 Å². The molecule has 2 N–H and O–H groups in total. The summed E-state index contributed by atoms with van der Waals surface area (Å²) in [5.74, 6) is -1.61. The molecule has 0 amide bonds. The fourth-order valence-corrected chi connectivity index (χ4v) is 4.72. The van der Waals surface area contributed by atoms with Crippen LogP contribution in [0, 0.1) is 0 Å². The van der Waals surface area contributed by atoms with Gasteiger partial charge in [0.1, 0.15) is 5.75 Å². The van der Waals surface area contributed by atoms with E-state index in [9.17, 15) is 13.9 Å². The van der Waals surface area contributed by atoms with Crippen LogP contribution < -0.4 is 15.0 Å². The third-order valence-corrected chi connectivity index (χ3v) is 6.54. The molecule has 10 heteroatoms. The summed E-state index contributed by atoms with van der Waals surface area (Å²) in [4.78, 5) is 1.92. The van der Waals surface area contributed by atoms with Gasteiger partial charge in [-0.15, -0.1) is 15.3 Å². The zero-order valence-corrected chi connectivity index (χ0v) is 18.2. The number of phenolic OH excluding ortho intramolecular Hbond substituents is 1. The molecule has 0 spiro atoms. The van der Waals surface area contributed by atoms with Crippen LogP contribution in [-0.2, 0) is 0 Å². The SMILES string of the molecule is COc1cc(-c2ccc(-c3ccc(N(C)[C@@H]4C[C@H]5CC(F)(F)[C@@H](C4)N5)nn3)c(O)c2)cnn1. The molecule has 2 fully saturated rings. The molecule has 4 heterocycles. The van der Waals surface area contributed by atoms with Gasteiger partial charge >= 0.3 is 0 Å². The summed E-state index contributed by atoms with van der Waals surface area (Å²) in [6.07, 6.45) is 2.48. The zero-order chi connectivity index (χ0) is 23.2. The molecule has 2 aliphatic heterocycles. The number of piperidine rings is 1. The number of rotatable bonds is 5. The molecule has 0 unspecified atom stereocenters. The van der Waals surface area contributed by atoms with Gasteiger partial charge in [-0.25, -0.2) is 8.78 Å². The molecule has 3 aromatic rings. The number of methoxy groups -OCH3 is 1. The smallest absolute Gasteiger partial charge is 0.264 e. The predicted molar refractivity (Wildman–Crippen MR) is 118 cm³/mol. The average Bonchev–Trinajstić information content (AvgIpc) is 3.04. The van der Waals surface area contributed by atoms with Gasteiger partial charge in [0.25, 0.3) is 5.92 Å². The highest BCUT2D eigenvalue weighted by atomic mass is 19.3. The Morgan fingerprint density at radius 3 is 2.64 bits per heavy atom. The molecule has 1 aromatic carbocycles. The maximum Gasteiger partial charge on any atom is 0.264 e. The van der Waals surface area contributed by atoms with Crippen LogP contribution in [0.15, 0.2) is 42.6 Å². The van der Waals surface area contributed by atoms with Crippen molar-refractivity contribution in [1.82, 2.24) is 25.7 Å². The zero-order valence-electron chi connectivity index (χ0n) is 18.2. The summed E-state index contributed by atoms with van der Waals surface area (Å²) in [5.41, 5.74) is 2.56. The minimum absolute atomic E-state index is 0.0339. The highest BCUT2D eigenvalue weighted by Crippen LogP contribution is 2.41. The predicted octanol–water partition coefficient (Wildman–Crippen LogP) is 3.28. The van der Waals surface area contributed by atoms with Crippen molar-refractivity contribution >= 4 is 5.82 Å². The van der Waals surface area contributed by atoms with E-state index >= 15 is 0 Å². The molecule has 2 saturated heterocycles. The number of hydrogen-bond acceptors (Lipinski definition) is 8. The normalized spacial score (nSPS) is 23.3. The second-order valence-corrected chi connectivity index (χ2v) is 8.61. The first-order valence-corrected chi connectivity index (χ1v) is 10.7. The number of benzene rings is 1. The Labute approximate surface area is 189 Å². The molecule has 172 valence electrons. The van der Waals surface area contributed by atoms with Crippen LogP contribution >= 0.6 is 0 Å². The Bertz CT molecular complexity index is 1160. The molecular formula is C23H24F2N6O2. The van der Waals surface area contributed by atoms with Crippen LogP contribution in [0.5, 0.6) is 11.6 Å². The summed E-state index contributed by atoms with van der Waals surface area (Å²) >= 11 is 0. The number of ether oxygens (including phenoxy) is 1. The standard InChI is InChI=1S/C23H24F2N6O2/c1-31(16-9-15-11-23(24,25)20(10-16)27-15)21-6-5-18(28-29-21)17-4-3-13(7-19(17)32)14-8-22(33-2)30-26-12-14/h3-8,12,15-16,20,27,32H,9-11H2,1-2H3/t15-,16+,20+/m0/s1. The number of hydrogen-bond donors (Lipinski definition) is 2. The second kappa shape index (κ2) is 8.18. The lowest BCUT2D eigenvalue weighted by Crippen LogP contribution is -2.49. The van der Waals surface area contributed by atoms with Crippen LogP contribution in [0.4, 0.5) is 14.6 Å². The van der Waals surface area contributed by atoms with E-state index < -0.39 is 12.0 Å². The third kappa shape index (κ3) is 4.06. The van der Waals surface area contributed by atoms with E-state index in [-0.39, 0.29) is 24.3 Å². The molecule has 0 saturated carbocycles. The maximum absolute atomic E-state index is 14.0. The van der Waals surface area contributed by atoms with Crippen LogP contribution in [0.1, 0.15) is 19.3 Å². The van der Waals surface area contributed by atoms with E-state index in [4.69, 9.17) is 4.74 Å². The Morgan fingerprint density at radius 1 is 1.09 bits per heavy atom. The van der Waals surface area contributed by atoms with Gasteiger partial charge in [-0.1, -0.05) is 6.07 Å². The van der Waals surface area contributed by atoms with Gasteiger partial charge in [0.2, 0.25) is 5.88 Å². The quantitative estimate of drug-likeness (QED) is 0.607. The van der Waals surface area contributed by atoms with Crippen molar-refractivity contribution in [1.29, 1.82) is 0 Å². The van der Waals surface area contributed by atoms with E-state index in [0.717, 1.165) is 11.1 Å². The lowest BCUT2D eigenvalue weighted by Gasteiger charge is -2.36. The van der Waals surface area contributed by atoms with Crippen LogP contribution in [0.25, 0.3) is 22.4 Å². The Morgan fingerprint density at radius 2 is 1.94 bits per heavy atom. The van der Waals surface area contributed by atoms with Crippen molar-refractivity contribution in [3.8, 4) is 34.0 Å². The number of alkyl halides is 2. The molecule has 2 aromatic heterocycles. The topological polar surface area (TPSA) is 96.3 Å². The molecule has 0 aliphatic carbocycles. The number of anilines is 1. The van der Waals surface area contributed by atoms with Gasteiger partial charge in [0.05, 0.1) is 25.0 Å². The molecule has 0 radical (unpaired) electrons. The third-order valence-electron chi connectivity index (χ3n) is 6.54. The van der Waals surface area contributed by atoms with Crippen LogP contribution in [-0.4, -0.2) is 63.7 Å². The number of aromatic nitrogens is 4. The minimum Gasteiger partial charge on any atom is -0.507 e. The first-order valence-electron chi connectivity index (χ1n) is 10.7. The van der Waals surface area contributed by atoms with Crippen molar-refractivity contribution in [2.75, 3.05) is 19.1 Å². The molecule has 33 heavy (non-hydrogen) atoms. The first-order chi connectivity index (χ1) is 15.8. The van der Waals surface area contributed by atoms with E-state index in [0.29, 0.717) is 35.8 Å². The monoisotopic (exact) mass is 454 g/mol. The van der Waals surface area contributed by atoms with Gasteiger partial charge in [-0.05, 0) is 42.7 Å². The Kier molecular flexibility index (Phi) is 5.32. The van der Waals surface area contributed by atoms with Crippen LogP contribution in [0.3, 0.4) is 0 Å². The summed E-state index contributed by atoms with van der Waals surface area (Å²) in [5, 5.41) is 30.0. The number of nitrogens with one attached hydrogen (secondary N) is 1. The number of fused-ring (bicyclic) bond motifs is 2. The lowest BCUT2D eigenvalue weighted by molar-refractivity contribution is -0.0128. The summed E-state index contributed by atoms with van der Waals surface area (Å²) < 4.78 is 33.2. The first kappa shape index (κ1) is 21.4. The van der Waals surface area contributed by atoms with Crippen LogP contribution in [0.2, 0.25) is 0 Å². The largest absolute Gasteiger partial charge is 0.507 e. The van der Waals surface area contributed by atoms with Crippen molar-refractivity contribution < 1.29 is 18.6 Å². The van der Waals surface area contributed by atoms with E-state index in [2.05, 4.69) is 25.7 Å². The number of halogens is 2. The fraction of sp³-hybridized carbons (Fsp3) is 0.391. The summed E-state index contributed by atoms with van der Waals surface area (Å²) in [6.45, 7) is 0. The number of aromatic hydroxyl groups is 1. The van der Waals surface area contributed by atoms with Crippen molar-refractivity contribution in [3.05, 3.63) is 42.6 Å². The molecule has 8 nitrogen and oxygen atoms in total. The van der Waals surface area contributed by atoms with Gasteiger partial charge in [-0.2, -0.15) is 5.10 Å². The average molecular weight is 454 g/mol. The highest BCUT2D eigenvalue weighted by molar-refractivity contribution is 5.74. The van der Waals surface area contributed by atoms with Crippen molar-refractivity contribution in [2.24, 2.45) is 0 Å². The Hall–Kier alpha value is -3.40. The van der Waals surface area contributed by atoms with E-state index in [1.54, 1.807) is 36.5 Å². The van der Waals surface area contributed by atoms with Gasteiger partial charge < -0.3 is 20.1 Å². The number of phenols is 1. The van der Waals surface area contributed by atoms with Gasteiger partial charge in [0.15, 0.2) is 5.82 Å². The van der Waals surface area contributed by atoms with Gasteiger partial charge in [-0.3, -0.25) is 0 Å². The second-order valence-electron chi connectivity index (χ2n) is 8.61. The number of nitrogens with zero attached hydrogens (tertiary/aromatic N) is 5. The highest BCUT2D eigenvalue weighted by Gasteiger charge is 2.53. The molecule has 2 aliphatic rings. The molecule has 2 bridgehead atoms. The van der Waals surface area contributed by atoms with E-state index in [1.165, 1.54) is 7.11 Å². The minimum atomic E-state index is -2.66. The maximum atomic E-state index is 14.0. The Balaban J connectivity index is 1.33. The molecule has 5 rings (SSSR count).